The Labute approximate surface area is 80.0 Å². The third-order valence-electron chi connectivity index (χ3n) is 1.44. The van der Waals surface area contributed by atoms with E-state index in [2.05, 4.69) is 13.0 Å². The molecule has 0 unspecified atom stereocenters. The van der Waals surface area contributed by atoms with Gasteiger partial charge in [0.2, 0.25) is 0 Å². The van der Waals surface area contributed by atoms with Crippen molar-refractivity contribution in [3.8, 4) is 6.07 Å². The molecule has 0 bridgehead atoms. The van der Waals surface area contributed by atoms with Gasteiger partial charge in [-0.25, -0.2) is 0 Å². The van der Waals surface area contributed by atoms with Crippen LogP contribution in [0.1, 0.15) is 26.2 Å². The first kappa shape index (κ1) is 11.5. The van der Waals surface area contributed by atoms with Gasteiger partial charge < -0.3 is 5.73 Å². The number of hydrogen-bond donors (Lipinski definition) is 1. The summed E-state index contributed by atoms with van der Waals surface area (Å²) in [6, 6.07) is 11.6. The summed E-state index contributed by atoms with van der Waals surface area (Å²) in [5.74, 6) is 0. The van der Waals surface area contributed by atoms with Gasteiger partial charge in [0.25, 0.3) is 0 Å². The Bertz CT molecular complexity index is 236. The van der Waals surface area contributed by atoms with Crippen LogP contribution in [0.2, 0.25) is 0 Å². The summed E-state index contributed by atoms with van der Waals surface area (Å²) in [5, 5.41) is 7.95. The molecule has 2 heteroatoms. The van der Waals surface area contributed by atoms with Crippen LogP contribution in [0.3, 0.4) is 0 Å². The molecule has 0 fully saturated rings. The molecule has 2 N–H and O–H groups in total. The molecule has 1 aromatic rings. The molecule has 0 saturated heterocycles. The maximum absolute atomic E-state index is 7.95. The normalized spacial score (nSPS) is 8.00. The number of nitrogen functional groups attached to an aromatic ring is 1. The van der Waals surface area contributed by atoms with Crippen LogP contribution in [0.15, 0.2) is 30.3 Å². The van der Waals surface area contributed by atoms with Crippen LogP contribution in [-0.2, 0) is 0 Å². The number of nitriles is 1. The van der Waals surface area contributed by atoms with Gasteiger partial charge in [0.1, 0.15) is 0 Å². The average molecular weight is 176 g/mol. The van der Waals surface area contributed by atoms with Gasteiger partial charge in [-0.3, -0.25) is 0 Å². The Balaban J connectivity index is 0.000000226. The van der Waals surface area contributed by atoms with Gasteiger partial charge in [-0.05, 0) is 18.6 Å². The van der Waals surface area contributed by atoms with Crippen molar-refractivity contribution in [3.63, 3.8) is 0 Å². The van der Waals surface area contributed by atoms with E-state index in [-0.39, 0.29) is 0 Å². The van der Waals surface area contributed by atoms with E-state index in [1.807, 2.05) is 30.3 Å². The van der Waals surface area contributed by atoms with Crippen molar-refractivity contribution < 1.29 is 0 Å². The zero-order valence-electron chi connectivity index (χ0n) is 8.03. The molecule has 0 aliphatic rings. The molecule has 0 aliphatic carbocycles. The molecule has 0 spiro atoms. The number of rotatable bonds is 2. The number of nitrogens with two attached hydrogens (primary N) is 1. The molecule has 13 heavy (non-hydrogen) atoms. The monoisotopic (exact) mass is 176 g/mol. The second kappa shape index (κ2) is 8.61. The number of unbranched alkanes of at least 4 members (excludes halogenated alkanes) is 2. The molecule has 1 rings (SSSR count). The number of hydrogen-bond acceptors (Lipinski definition) is 2. The maximum atomic E-state index is 7.95. The molecule has 0 saturated carbocycles. The highest BCUT2D eigenvalue weighted by molar-refractivity contribution is 5.35. The Kier molecular flexibility index (Phi) is 7.62. The summed E-state index contributed by atoms with van der Waals surface area (Å²) in [7, 11) is 0. The van der Waals surface area contributed by atoms with Gasteiger partial charge in [-0.2, -0.15) is 5.26 Å². The number of nitrogens with zero attached hydrogens (tertiary/aromatic N) is 1. The molecular formula is C11H16N2. The van der Waals surface area contributed by atoms with Crippen molar-refractivity contribution in [1.29, 1.82) is 5.26 Å². The van der Waals surface area contributed by atoms with Gasteiger partial charge in [-0.15, -0.1) is 0 Å². The lowest BCUT2D eigenvalue weighted by Crippen LogP contribution is -1.79. The first-order chi connectivity index (χ1) is 6.31. The predicted molar refractivity (Wildman–Crippen MR) is 56.0 cm³/mol. The Morgan fingerprint density at radius 3 is 2.15 bits per heavy atom. The summed E-state index contributed by atoms with van der Waals surface area (Å²) < 4.78 is 0. The fraction of sp³-hybridized carbons (Fsp3) is 0.364. The standard InChI is InChI=1S/C6H7N.C5H9N/c7-6-4-2-1-3-5-6;1-2-3-4-5-6/h1-5H,7H2;2-4H2,1H3. The highest BCUT2D eigenvalue weighted by Crippen LogP contribution is 1.95. The van der Waals surface area contributed by atoms with E-state index < -0.39 is 0 Å². The highest BCUT2D eigenvalue weighted by atomic mass is 14.5. The Morgan fingerprint density at radius 1 is 1.31 bits per heavy atom. The van der Waals surface area contributed by atoms with Gasteiger partial charge in [0, 0.05) is 12.1 Å². The fourth-order valence-electron chi connectivity index (χ4n) is 0.709. The van der Waals surface area contributed by atoms with Crippen LogP contribution in [0.25, 0.3) is 0 Å². The summed E-state index contributed by atoms with van der Waals surface area (Å²) in [4.78, 5) is 0. The molecule has 2 nitrogen and oxygen atoms in total. The highest BCUT2D eigenvalue weighted by Gasteiger charge is 1.74. The molecule has 0 aromatic heterocycles. The topological polar surface area (TPSA) is 49.8 Å². The Morgan fingerprint density at radius 2 is 1.92 bits per heavy atom. The minimum atomic E-state index is 0.719. The molecule has 1 aromatic carbocycles. The van der Waals surface area contributed by atoms with E-state index in [9.17, 15) is 0 Å². The quantitative estimate of drug-likeness (QED) is 0.556. The molecular weight excluding hydrogens is 160 g/mol. The third kappa shape index (κ3) is 8.42. The molecule has 0 radical (unpaired) electrons. The lowest BCUT2D eigenvalue weighted by Gasteiger charge is -1.83. The minimum Gasteiger partial charge on any atom is -0.399 e. The van der Waals surface area contributed by atoms with E-state index in [0.29, 0.717) is 0 Å². The summed E-state index contributed by atoms with van der Waals surface area (Å²) in [5.41, 5.74) is 6.18. The largest absolute Gasteiger partial charge is 0.399 e. The lowest BCUT2D eigenvalue weighted by atomic mass is 10.3. The number of benzene rings is 1. The maximum Gasteiger partial charge on any atom is 0.0621 e. The van der Waals surface area contributed by atoms with Gasteiger partial charge >= 0.3 is 0 Å². The van der Waals surface area contributed by atoms with E-state index >= 15 is 0 Å². The average Bonchev–Trinajstić information content (AvgIpc) is 2.17. The van der Waals surface area contributed by atoms with Crippen LogP contribution in [0, 0.1) is 11.3 Å². The molecule has 0 amide bonds. The van der Waals surface area contributed by atoms with Crippen molar-refractivity contribution in [2.24, 2.45) is 0 Å². The van der Waals surface area contributed by atoms with Crippen molar-refractivity contribution in [1.82, 2.24) is 0 Å². The molecule has 0 aliphatic heterocycles. The van der Waals surface area contributed by atoms with Crippen molar-refractivity contribution >= 4 is 5.69 Å². The van der Waals surface area contributed by atoms with E-state index in [1.54, 1.807) is 0 Å². The molecule has 0 heterocycles. The van der Waals surface area contributed by atoms with Crippen molar-refractivity contribution in [2.75, 3.05) is 5.73 Å². The molecule has 0 atom stereocenters. The summed E-state index contributed by atoms with van der Waals surface area (Å²) >= 11 is 0. The number of para-hydroxylation sites is 1. The third-order valence-corrected chi connectivity index (χ3v) is 1.44. The predicted octanol–water partition coefficient (Wildman–Crippen LogP) is 2.97. The zero-order valence-corrected chi connectivity index (χ0v) is 8.03. The minimum absolute atomic E-state index is 0.719. The van der Waals surface area contributed by atoms with Crippen LogP contribution < -0.4 is 5.73 Å². The number of anilines is 1. The fourth-order valence-corrected chi connectivity index (χ4v) is 0.709. The first-order valence-corrected chi connectivity index (χ1v) is 4.48. The van der Waals surface area contributed by atoms with Crippen molar-refractivity contribution in [2.45, 2.75) is 26.2 Å². The zero-order chi connectivity index (χ0) is 9.94. The van der Waals surface area contributed by atoms with Gasteiger partial charge in [-0.1, -0.05) is 31.5 Å². The van der Waals surface area contributed by atoms with Gasteiger partial charge in [0.15, 0.2) is 0 Å². The van der Waals surface area contributed by atoms with Gasteiger partial charge in [0.05, 0.1) is 6.07 Å². The smallest absolute Gasteiger partial charge is 0.0621 e. The molecule has 70 valence electrons. The Hall–Kier alpha value is -1.49. The lowest BCUT2D eigenvalue weighted by molar-refractivity contribution is 0.822. The van der Waals surface area contributed by atoms with E-state index in [4.69, 9.17) is 11.0 Å². The van der Waals surface area contributed by atoms with Crippen LogP contribution >= 0.6 is 0 Å². The SMILES string of the molecule is CCCCC#N.Nc1ccccc1. The van der Waals surface area contributed by atoms with Crippen molar-refractivity contribution in [3.05, 3.63) is 30.3 Å². The van der Waals surface area contributed by atoms with Crippen LogP contribution in [-0.4, -0.2) is 0 Å². The summed E-state index contributed by atoms with van der Waals surface area (Å²) in [6.07, 6.45) is 2.90. The van der Waals surface area contributed by atoms with Crippen LogP contribution in [0.5, 0.6) is 0 Å². The second-order valence-electron chi connectivity index (χ2n) is 2.67. The van der Waals surface area contributed by atoms with Crippen LogP contribution in [0.4, 0.5) is 5.69 Å². The second-order valence-corrected chi connectivity index (χ2v) is 2.67. The van der Waals surface area contributed by atoms with E-state index in [0.717, 1.165) is 24.9 Å². The van der Waals surface area contributed by atoms with E-state index in [1.165, 1.54) is 0 Å². The summed E-state index contributed by atoms with van der Waals surface area (Å²) in [6.45, 7) is 2.08. The first-order valence-electron chi connectivity index (χ1n) is 4.48.